The number of β-amino-alcohol motifs (C(OH)–C–C–N with tert-alkyl or cyclic N) is 1. The molecule has 108 valence electrons. The summed E-state index contributed by atoms with van der Waals surface area (Å²) in [5.41, 5.74) is 0. The molecule has 0 aromatic rings. The Morgan fingerprint density at radius 3 is 2.79 bits per heavy atom. The number of carboxylic acids is 1. The minimum absolute atomic E-state index is 0.0322. The topological polar surface area (TPSA) is 90.3 Å². The fourth-order valence-corrected chi connectivity index (χ4v) is 2.65. The van der Waals surface area contributed by atoms with E-state index in [0.29, 0.717) is 13.2 Å². The van der Waals surface area contributed by atoms with E-state index in [1.807, 2.05) is 0 Å². The fourth-order valence-electron chi connectivity index (χ4n) is 2.65. The Labute approximate surface area is 111 Å². The van der Waals surface area contributed by atoms with Crippen LogP contribution in [0, 0.1) is 0 Å². The summed E-state index contributed by atoms with van der Waals surface area (Å²) >= 11 is 0. The van der Waals surface area contributed by atoms with Gasteiger partial charge >= 0.3 is 12.0 Å². The van der Waals surface area contributed by atoms with E-state index in [4.69, 9.17) is 9.84 Å². The van der Waals surface area contributed by atoms with Crippen molar-refractivity contribution in [3.63, 3.8) is 0 Å². The van der Waals surface area contributed by atoms with E-state index in [2.05, 4.69) is 0 Å². The number of carbonyl (C=O) groups is 2. The average molecular weight is 272 g/mol. The molecule has 0 aromatic carbocycles. The third-order valence-electron chi connectivity index (χ3n) is 3.64. The van der Waals surface area contributed by atoms with Crippen LogP contribution in [0.3, 0.4) is 0 Å². The number of hydrogen-bond donors (Lipinski definition) is 2. The van der Waals surface area contributed by atoms with E-state index in [0.717, 1.165) is 12.8 Å². The molecule has 2 amide bonds. The van der Waals surface area contributed by atoms with Gasteiger partial charge in [0.05, 0.1) is 12.2 Å². The predicted molar refractivity (Wildman–Crippen MR) is 65.8 cm³/mol. The molecule has 0 bridgehead atoms. The van der Waals surface area contributed by atoms with Crippen molar-refractivity contribution in [3.05, 3.63) is 0 Å². The number of ether oxygens (including phenoxy) is 1. The summed E-state index contributed by atoms with van der Waals surface area (Å²) in [4.78, 5) is 26.0. The molecule has 2 aliphatic rings. The molecule has 1 unspecified atom stereocenters. The van der Waals surface area contributed by atoms with Gasteiger partial charge in [0, 0.05) is 33.2 Å². The van der Waals surface area contributed by atoms with Gasteiger partial charge in [0.1, 0.15) is 6.04 Å². The van der Waals surface area contributed by atoms with Crippen LogP contribution in [0.4, 0.5) is 4.79 Å². The number of rotatable bonds is 3. The van der Waals surface area contributed by atoms with Gasteiger partial charge in [0.25, 0.3) is 0 Å². The van der Waals surface area contributed by atoms with Gasteiger partial charge in [0.15, 0.2) is 0 Å². The van der Waals surface area contributed by atoms with E-state index in [1.54, 1.807) is 7.05 Å². The van der Waals surface area contributed by atoms with Crippen molar-refractivity contribution >= 4 is 12.0 Å². The molecule has 2 rings (SSSR count). The van der Waals surface area contributed by atoms with Gasteiger partial charge in [-0.05, 0) is 12.8 Å². The van der Waals surface area contributed by atoms with Gasteiger partial charge in [-0.3, -0.25) is 0 Å². The van der Waals surface area contributed by atoms with Gasteiger partial charge in [-0.15, -0.1) is 0 Å². The second-order valence-corrected chi connectivity index (χ2v) is 5.19. The lowest BCUT2D eigenvalue weighted by Gasteiger charge is -2.28. The molecule has 0 aliphatic carbocycles. The maximum Gasteiger partial charge on any atom is 0.326 e. The lowest BCUT2D eigenvalue weighted by molar-refractivity contribution is -0.141. The third kappa shape index (κ3) is 3.16. The van der Waals surface area contributed by atoms with Crippen molar-refractivity contribution in [1.82, 2.24) is 9.80 Å². The van der Waals surface area contributed by atoms with Crippen LogP contribution in [-0.4, -0.2) is 77.0 Å². The molecule has 0 aromatic heterocycles. The fraction of sp³-hybridized carbons (Fsp3) is 0.833. The summed E-state index contributed by atoms with van der Waals surface area (Å²) in [7, 11) is 1.63. The molecule has 2 N–H and O–H groups in total. The first-order valence-electron chi connectivity index (χ1n) is 6.53. The van der Waals surface area contributed by atoms with Crippen molar-refractivity contribution in [2.75, 3.05) is 26.7 Å². The molecule has 3 atom stereocenters. The highest BCUT2D eigenvalue weighted by molar-refractivity contribution is 5.83. The first kappa shape index (κ1) is 14.1. The number of likely N-dealkylation sites (N-methyl/N-ethyl adjacent to an activating group) is 1. The molecular weight excluding hydrogens is 252 g/mol. The number of likely N-dealkylation sites (tertiary alicyclic amines) is 1. The Bertz CT molecular complexity index is 356. The lowest BCUT2D eigenvalue weighted by atomic mass is 10.2. The van der Waals surface area contributed by atoms with E-state index in [-0.39, 0.29) is 25.1 Å². The SMILES string of the molecule is CN(CC1CCCO1)C(=O)N1C[C@@H](O)C[C@H]1C(=O)O. The Morgan fingerprint density at radius 2 is 2.21 bits per heavy atom. The number of aliphatic carboxylic acids is 1. The van der Waals surface area contributed by atoms with Crippen molar-refractivity contribution in [1.29, 1.82) is 0 Å². The summed E-state index contributed by atoms with van der Waals surface area (Å²) in [6.07, 6.45) is 1.27. The van der Waals surface area contributed by atoms with Crippen LogP contribution in [0.1, 0.15) is 19.3 Å². The summed E-state index contributed by atoms with van der Waals surface area (Å²) in [6.45, 7) is 1.25. The molecule has 2 fully saturated rings. The molecule has 2 aliphatic heterocycles. The van der Waals surface area contributed by atoms with Gasteiger partial charge < -0.3 is 24.7 Å². The van der Waals surface area contributed by atoms with E-state index >= 15 is 0 Å². The summed E-state index contributed by atoms with van der Waals surface area (Å²) in [6, 6.07) is -1.30. The van der Waals surface area contributed by atoms with Crippen molar-refractivity contribution in [2.45, 2.75) is 37.5 Å². The Balaban J connectivity index is 1.95. The molecular formula is C12H20N2O5. The van der Waals surface area contributed by atoms with Crippen molar-refractivity contribution in [2.24, 2.45) is 0 Å². The second kappa shape index (κ2) is 5.75. The molecule has 2 saturated heterocycles. The number of hydrogen-bond acceptors (Lipinski definition) is 4. The van der Waals surface area contributed by atoms with Crippen LogP contribution in [0.25, 0.3) is 0 Å². The maximum atomic E-state index is 12.2. The Morgan fingerprint density at radius 1 is 1.47 bits per heavy atom. The van der Waals surface area contributed by atoms with Crippen LogP contribution in [0.5, 0.6) is 0 Å². The van der Waals surface area contributed by atoms with Crippen molar-refractivity contribution in [3.8, 4) is 0 Å². The molecule has 7 nitrogen and oxygen atoms in total. The maximum absolute atomic E-state index is 12.2. The molecule has 7 heteroatoms. The molecule has 0 saturated carbocycles. The smallest absolute Gasteiger partial charge is 0.326 e. The number of carbonyl (C=O) groups excluding carboxylic acids is 1. The van der Waals surface area contributed by atoms with Crippen LogP contribution in [0.2, 0.25) is 0 Å². The Kier molecular flexibility index (Phi) is 4.26. The second-order valence-electron chi connectivity index (χ2n) is 5.19. The zero-order chi connectivity index (χ0) is 14.0. The van der Waals surface area contributed by atoms with Gasteiger partial charge in [-0.2, -0.15) is 0 Å². The number of urea groups is 1. The van der Waals surface area contributed by atoms with Crippen LogP contribution in [0.15, 0.2) is 0 Å². The quantitative estimate of drug-likeness (QED) is 0.738. The first-order valence-corrected chi connectivity index (χ1v) is 6.53. The van der Waals surface area contributed by atoms with Crippen LogP contribution >= 0.6 is 0 Å². The van der Waals surface area contributed by atoms with Gasteiger partial charge in [-0.1, -0.05) is 0 Å². The van der Waals surface area contributed by atoms with Crippen molar-refractivity contribution < 1.29 is 24.5 Å². The highest BCUT2D eigenvalue weighted by atomic mass is 16.5. The number of amides is 2. The molecule has 0 spiro atoms. The third-order valence-corrected chi connectivity index (χ3v) is 3.64. The average Bonchev–Trinajstić information content (AvgIpc) is 2.97. The highest BCUT2D eigenvalue weighted by Gasteiger charge is 2.40. The van der Waals surface area contributed by atoms with E-state index < -0.39 is 18.1 Å². The monoisotopic (exact) mass is 272 g/mol. The normalized spacial score (nSPS) is 30.6. The van der Waals surface area contributed by atoms with Crippen LogP contribution < -0.4 is 0 Å². The van der Waals surface area contributed by atoms with E-state index in [9.17, 15) is 14.7 Å². The van der Waals surface area contributed by atoms with E-state index in [1.165, 1.54) is 9.80 Å². The first-order chi connectivity index (χ1) is 8.99. The minimum atomic E-state index is -1.07. The number of aliphatic hydroxyl groups is 1. The largest absolute Gasteiger partial charge is 0.480 e. The minimum Gasteiger partial charge on any atom is -0.480 e. The highest BCUT2D eigenvalue weighted by Crippen LogP contribution is 2.20. The van der Waals surface area contributed by atoms with Gasteiger partial charge in [-0.25, -0.2) is 9.59 Å². The molecule has 0 radical (unpaired) electrons. The number of nitrogens with zero attached hydrogens (tertiary/aromatic N) is 2. The zero-order valence-electron chi connectivity index (χ0n) is 11.0. The summed E-state index contributed by atoms with van der Waals surface area (Å²) < 4.78 is 5.45. The standard InChI is InChI=1S/C12H20N2O5/c1-13(7-9-3-2-4-19-9)12(18)14-6-8(15)5-10(14)11(16)17/h8-10,15H,2-7H2,1H3,(H,16,17)/t8-,9?,10-/m0/s1. The summed E-state index contributed by atoms with van der Waals surface area (Å²) in [5, 5.41) is 18.6. The lowest BCUT2D eigenvalue weighted by Crippen LogP contribution is -2.48. The summed E-state index contributed by atoms with van der Waals surface area (Å²) in [5.74, 6) is -1.07. The number of aliphatic hydroxyl groups excluding tert-OH is 1. The van der Waals surface area contributed by atoms with Crippen LogP contribution in [-0.2, 0) is 9.53 Å². The van der Waals surface area contributed by atoms with Gasteiger partial charge in [0.2, 0.25) is 0 Å². The molecule has 2 heterocycles. The number of carboxylic acid groups (broad SMARTS) is 1. The Hall–Kier alpha value is -1.34. The molecule has 19 heavy (non-hydrogen) atoms. The zero-order valence-corrected chi connectivity index (χ0v) is 11.0. The predicted octanol–water partition coefficient (Wildman–Crippen LogP) is -0.263.